The van der Waals surface area contributed by atoms with Crippen LogP contribution >= 0.6 is 0 Å². The zero-order valence-corrected chi connectivity index (χ0v) is 8.73. The number of rotatable bonds is 2. The molecule has 3 nitrogen and oxygen atoms in total. The number of carbonyl (C=O) groups is 1. The van der Waals surface area contributed by atoms with Gasteiger partial charge in [0.25, 0.3) is 0 Å². The predicted octanol–water partition coefficient (Wildman–Crippen LogP) is 1.86. The molecule has 0 amide bonds. The van der Waals surface area contributed by atoms with Gasteiger partial charge < -0.3 is 9.47 Å². The molecule has 0 fully saturated rings. The van der Waals surface area contributed by atoms with Crippen LogP contribution in [0.15, 0.2) is 24.3 Å². The molecule has 1 aliphatic rings. The maximum absolute atomic E-state index is 11.2. The Morgan fingerprint density at radius 2 is 2.33 bits per heavy atom. The molecule has 0 saturated heterocycles. The molecule has 0 saturated carbocycles. The summed E-state index contributed by atoms with van der Waals surface area (Å²) in [6, 6.07) is 8.08. The molecule has 0 aromatic heterocycles. The second kappa shape index (κ2) is 4.45. The molecule has 1 unspecified atom stereocenters. The monoisotopic (exact) mass is 206 g/mol. The first-order valence-corrected chi connectivity index (χ1v) is 5.07. The molecular formula is C12H14O3. The highest BCUT2D eigenvalue weighted by molar-refractivity contribution is 5.70. The van der Waals surface area contributed by atoms with Gasteiger partial charge in [-0.25, -0.2) is 0 Å². The van der Waals surface area contributed by atoms with E-state index < -0.39 is 0 Å². The molecule has 80 valence electrons. The lowest BCUT2D eigenvalue weighted by Gasteiger charge is -2.25. The van der Waals surface area contributed by atoms with E-state index in [-0.39, 0.29) is 12.1 Å². The topological polar surface area (TPSA) is 35.5 Å². The molecule has 1 aromatic carbocycles. The number of hydrogen-bond donors (Lipinski definition) is 0. The molecule has 15 heavy (non-hydrogen) atoms. The summed E-state index contributed by atoms with van der Waals surface area (Å²) in [7, 11) is 1.40. The molecule has 2 rings (SSSR count). The smallest absolute Gasteiger partial charge is 0.308 e. The minimum atomic E-state index is -0.225. The van der Waals surface area contributed by atoms with Gasteiger partial charge in [0.1, 0.15) is 0 Å². The van der Waals surface area contributed by atoms with Gasteiger partial charge in [0.15, 0.2) is 0 Å². The Bertz CT molecular complexity index is 360. The second-order valence-electron chi connectivity index (χ2n) is 3.59. The van der Waals surface area contributed by atoms with Gasteiger partial charge in [-0.2, -0.15) is 0 Å². The molecule has 1 aliphatic heterocycles. The Morgan fingerprint density at radius 1 is 1.53 bits per heavy atom. The van der Waals surface area contributed by atoms with Crippen molar-refractivity contribution in [3.8, 4) is 0 Å². The van der Waals surface area contributed by atoms with Crippen molar-refractivity contribution in [2.24, 2.45) is 0 Å². The number of ether oxygens (including phenoxy) is 2. The quantitative estimate of drug-likeness (QED) is 0.693. The summed E-state index contributed by atoms with van der Waals surface area (Å²) in [4.78, 5) is 11.2. The van der Waals surface area contributed by atoms with Crippen LogP contribution < -0.4 is 0 Å². The summed E-state index contributed by atoms with van der Waals surface area (Å²) in [5.74, 6) is -0.225. The average molecular weight is 206 g/mol. The Balaban J connectivity index is 2.18. The van der Waals surface area contributed by atoms with Crippen LogP contribution in [-0.2, 0) is 20.7 Å². The van der Waals surface area contributed by atoms with Crippen molar-refractivity contribution in [3.63, 3.8) is 0 Å². The lowest BCUT2D eigenvalue weighted by atomic mass is 9.96. The summed E-state index contributed by atoms with van der Waals surface area (Å²) in [5.41, 5.74) is 2.40. The van der Waals surface area contributed by atoms with E-state index in [1.54, 1.807) is 0 Å². The van der Waals surface area contributed by atoms with Gasteiger partial charge in [-0.05, 0) is 17.5 Å². The molecule has 3 heteroatoms. The van der Waals surface area contributed by atoms with Crippen molar-refractivity contribution in [2.75, 3.05) is 13.7 Å². The van der Waals surface area contributed by atoms with Crippen LogP contribution in [0.5, 0.6) is 0 Å². The highest BCUT2D eigenvalue weighted by Crippen LogP contribution is 2.29. The van der Waals surface area contributed by atoms with E-state index in [1.807, 2.05) is 18.2 Å². The summed E-state index contributed by atoms with van der Waals surface area (Å²) in [6.07, 6.45) is 1.09. The van der Waals surface area contributed by atoms with E-state index in [4.69, 9.17) is 4.74 Å². The van der Waals surface area contributed by atoms with E-state index in [9.17, 15) is 4.79 Å². The van der Waals surface area contributed by atoms with Crippen molar-refractivity contribution in [3.05, 3.63) is 35.4 Å². The van der Waals surface area contributed by atoms with Crippen LogP contribution in [-0.4, -0.2) is 19.7 Å². The Morgan fingerprint density at radius 3 is 3.13 bits per heavy atom. The fourth-order valence-corrected chi connectivity index (χ4v) is 1.88. The lowest BCUT2D eigenvalue weighted by molar-refractivity contribution is -0.144. The third-order valence-electron chi connectivity index (χ3n) is 2.67. The second-order valence-corrected chi connectivity index (χ2v) is 3.59. The Hall–Kier alpha value is -1.35. The van der Waals surface area contributed by atoms with Crippen LogP contribution in [0.2, 0.25) is 0 Å². The molecule has 1 aromatic rings. The first kappa shape index (κ1) is 10.2. The van der Waals surface area contributed by atoms with Crippen LogP contribution in [0, 0.1) is 0 Å². The molecule has 1 heterocycles. The van der Waals surface area contributed by atoms with Gasteiger partial charge in [-0.15, -0.1) is 0 Å². The largest absolute Gasteiger partial charge is 0.469 e. The Labute approximate surface area is 89.0 Å². The number of esters is 1. The third kappa shape index (κ3) is 2.18. The Kier molecular flexibility index (Phi) is 3.02. The van der Waals surface area contributed by atoms with Crippen molar-refractivity contribution >= 4 is 5.97 Å². The molecule has 0 spiro atoms. The molecule has 1 atom stereocenters. The van der Waals surface area contributed by atoms with Crippen molar-refractivity contribution < 1.29 is 14.3 Å². The first-order chi connectivity index (χ1) is 7.31. The summed E-state index contributed by atoms with van der Waals surface area (Å²) < 4.78 is 10.2. The van der Waals surface area contributed by atoms with E-state index >= 15 is 0 Å². The van der Waals surface area contributed by atoms with Crippen LogP contribution in [0.25, 0.3) is 0 Å². The number of hydrogen-bond acceptors (Lipinski definition) is 3. The molecule has 0 radical (unpaired) electrons. The number of fused-ring (bicyclic) bond motifs is 1. The van der Waals surface area contributed by atoms with Gasteiger partial charge in [0.2, 0.25) is 0 Å². The zero-order chi connectivity index (χ0) is 10.7. The summed E-state index contributed by atoms with van der Waals surface area (Å²) in [5, 5.41) is 0. The zero-order valence-electron chi connectivity index (χ0n) is 8.73. The standard InChI is InChI=1S/C12H14O3/c1-14-12(13)8-11-10-5-3-2-4-9(10)6-7-15-11/h2-5,11H,6-8H2,1H3. The normalized spacial score (nSPS) is 19.4. The number of carbonyl (C=O) groups excluding carboxylic acids is 1. The fourth-order valence-electron chi connectivity index (χ4n) is 1.88. The molecule has 0 bridgehead atoms. The molecule has 0 aliphatic carbocycles. The number of benzene rings is 1. The van der Waals surface area contributed by atoms with Gasteiger partial charge in [0.05, 0.1) is 26.2 Å². The van der Waals surface area contributed by atoms with Crippen LogP contribution in [0.4, 0.5) is 0 Å². The number of methoxy groups -OCH3 is 1. The van der Waals surface area contributed by atoms with Gasteiger partial charge >= 0.3 is 5.97 Å². The lowest BCUT2D eigenvalue weighted by Crippen LogP contribution is -2.19. The highest BCUT2D eigenvalue weighted by atomic mass is 16.5. The van der Waals surface area contributed by atoms with Crippen molar-refractivity contribution in [1.29, 1.82) is 0 Å². The minimum absolute atomic E-state index is 0.137. The molecular weight excluding hydrogens is 192 g/mol. The minimum Gasteiger partial charge on any atom is -0.469 e. The van der Waals surface area contributed by atoms with Crippen LogP contribution in [0.1, 0.15) is 23.7 Å². The molecule has 0 N–H and O–H groups in total. The van der Waals surface area contributed by atoms with E-state index in [0.29, 0.717) is 13.0 Å². The third-order valence-corrected chi connectivity index (χ3v) is 2.67. The van der Waals surface area contributed by atoms with Crippen molar-refractivity contribution in [1.82, 2.24) is 0 Å². The SMILES string of the molecule is COC(=O)CC1OCCc2ccccc21. The predicted molar refractivity (Wildman–Crippen MR) is 55.5 cm³/mol. The average Bonchev–Trinajstić information content (AvgIpc) is 2.29. The first-order valence-electron chi connectivity index (χ1n) is 5.07. The maximum Gasteiger partial charge on any atom is 0.308 e. The summed E-state index contributed by atoms with van der Waals surface area (Å²) in [6.45, 7) is 0.679. The summed E-state index contributed by atoms with van der Waals surface area (Å²) >= 11 is 0. The van der Waals surface area contributed by atoms with E-state index in [0.717, 1.165) is 12.0 Å². The highest BCUT2D eigenvalue weighted by Gasteiger charge is 2.23. The van der Waals surface area contributed by atoms with Gasteiger partial charge in [-0.1, -0.05) is 24.3 Å². The fraction of sp³-hybridized carbons (Fsp3) is 0.417. The van der Waals surface area contributed by atoms with Crippen LogP contribution in [0.3, 0.4) is 0 Å². The van der Waals surface area contributed by atoms with Crippen molar-refractivity contribution in [2.45, 2.75) is 18.9 Å². The maximum atomic E-state index is 11.2. The van der Waals surface area contributed by atoms with E-state index in [1.165, 1.54) is 12.7 Å². The van der Waals surface area contributed by atoms with Gasteiger partial charge in [-0.3, -0.25) is 4.79 Å². The van der Waals surface area contributed by atoms with E-state index in [2.05, 4.69) is 10.8 Å². The van der Waals surface area contributed by atoms with Gasteiger partial charge in [0, 0.05) is 0 Å².